The maximum atomic E-state index is 12.6. The van der Waals surface area contributed by atoms with Crippen molar-refractivity contribution in [1.29, 1.82) is 0 Å². The highest BCUT2D eigenvalue weighted by molar-refractivity contribution is 6.32. The average molecular weight is 398 g/mol. The standard InChI is InChI=1S/C20H25F3N2O3/c1-13-3-6-17(15-5-4-14-7-8-24(2)11-16(14)9-15)25(10-13)18(26)19(27)28-12-20(21,22)23/h4-5,9,13,17H,3,6-8,10-12H2,1-2H3. The van der Waals surface area contributed by atoms with Crippen molar-refractivity contribution in [3.8, 4) is 0 Å². The number of piperidine rings is 1. The van der Waals surface area contributed by atoms with Gasteiger partial charge < -0.3 is 14.5 Å². The van der Waals surface area contributed by atoms with Gasteiger partial charge in [-0.1, -0.05) is 25.1 Å². The van der Waals surface area contributed by atoms with Crippen molar-refractivity contribution < 1.29 is 27.5 Å². The molecule has 1 fully saturated rings. The van der Waals surface area contributed by atoms with Crippen LogP contribution >= 0.6 is 0 Å². The Morgan fingerprint density at radius 1 is 1.21 bits per heavy atom. The number of hydrogen-bond acceptors (Lipinski definition) is 4. The van der Waals surface area contributed by atoms with Gasteiger partial charge in [-0.2, -0.15) is 13.2 Å². The van der Waals surface area contributed by atoms with Gasteiger partial charge in [-0.05, 0) is 48.9 Å². The zero-order valence-corrected chi connectivity index (χ0v) is 16.1. The summed E-state index contributed by atoms with van der Waals surface area (Å²) in [6.45, 7) is 2.33. The van der Waals surface area contributed by atoms with Gasteiger partial charge in [-0.25, -0.2) is 4.79 Å². The molecule has 0 spiro atoms. The van der Waals surface area contributed by atoms with Crippen LogP contribution in [0.4, 0.5) is 13.2 Å². The molecule has 8 heteroatoms. The third kappa shape index (κ3) is 4.84. The van der Waals surface area contributed by atoms with E-state index < -0.39 is 24.7 Å². The molecule has 2 aliphatic heterocycles. The van der Waals surface area contributed by atoms with E-state index in [2.05, 4.69) is 21.8 Å². The number of halogens is 3. The lowest BCUT2D eigenvalue weighted by molar-refractivity contribution is -0.190. The maximum Gasteiger partial charge on any atom is 0.422 e. The van der Waals surface area contributed by atoms with Gasteiger partial charge in [0.1, 0.15) is 0 Å². The minimum atomic E-state index is -4.66. The highest BCUT2D eigenvalue weighted by Gasteiger charge is 2.37. The monoisotopic (exact) mass is 398 g/mol. The lowest BCUT2D eigenvalue weighted by Gasteiger charge is -2.39. The van der Waals surface area contributed by atoms with E-state index in [0.717, 1.165) is 31.5 Å². The van der Waals surface area contributed by atoms with Crippen LogP contribution in [0.1, 0.15) is 42.5 Å². The topological polar surface area (TPSA) is 49.9 Å². The molecule has 2 atom stereocenters. The number of nitrogens with zero attached hydrogens (tertiary/aromatic N) is 2. The molecule has 2 unspecified atom stereocenters. The van der Waals surface area contributed by atoms with Crippen LogP contribution in [-0.2, 0) is 27.3 Å². The van der Waals surface area contributed by atoms with Gasteiger partial charge in [0.25, 0.3) is 0 Å². The Balaban J connectivity index is 1.80. The smallest absolute Gasteiger partial charge is 0.422 e. The number of likely N-dealkylation sites (tertiary alicyclic amines) is 1. The molecule has 1 aromatic rings. The Morgan fingerprint density at radius 2 is 1.96 bits per heavy atom. The van der Waals surface area contributed by atoms with Crippen molar-refractivity contribution >= 4 is 11.9 Å². The van der Waals surface area contributed by atoms with Crippen LogP contribution in [0.3, 0.4) is 0 Å². The van der Waals surface area contributed by atoms with Gasteiger partial charge >= 0.3 is 18.1 Å². The molecule has 154 valence electrons. The van der Waals surface area contributed by atoms with Gasteiger partial charge in [-0.15, -0.1) is 0 Å². The van der Waals surface area contributed by atoms with Crippen LogP contribution in [0.2, 0.25) is 0 Å². The molecule has 1 amide bonds. The van der Waals surface area contributed by atoms with E-state index in [1.807, 2.05) is 20.0 Å². The number of benzene rings is 1. The number of ether oxygens (including phenoxy) is 1. The molecule has 0 saturated carbocycles. The molecule has 3 rings (SSSR count). The molecular formula is C20H25F3N2O3. The van der Waals surface area contributed by atoms with Gasteiger partial charge in [0.15, 0.2) is 6.61 Å². The van der Waals surface area contributed by atoms with Crippen LogP contribution in [-0.4, -0.2) is 54.6 Å². The predicted molar refractivity (Wildman–Crippen MR) is 96.3 cm³/mol. The number of likely N-dealkylation sites (N-methyl/N-ethyl adjacent to an activating group) is 1. The summed E-state index contributed by atoms with van der Waals surface area (Å²) in [4.78, 5) is 28.1. The first kappa shape index (κ1) is 20.6. The zero-order chi connectivity index (χ0) is 20.5. The van der Waals surface area contributed by atoms with Crippen molar-refractivity contribution in [1.82, 2.24) is 9.80 Å². The second-order valence-electron chi connectivity index (χ2n) is 7.86. The molecular weight excluding hydrogens is 373 g/mol. The van der Waals surface area contributed by atoms with Crippen LogP contribution in [0, 0.1) is 5.92 Å². The predicted octanol–water partition coefficient (Wildman–Crippen LogP) is 3.08. The number of hydrogen-bond donors (Lipinski definition) is 0. The molecule has 0 aromatic heterocycles. The van der Waals surface area contributed by atoms with Crippen LogP contribution < -0.4 is 0 Å². The summed E-state index contributed by atoms with van der Waals surface area (Å²) in [5, 5.41) is 0. The lowest BCUT2D eigenvalue weighted by atomic mass is 9.87. The number of carbonyl (C=O) groups excluding carboxylic acids is 2. The molecule has 5 nitrogen and oxygen atoms in total. The van der Waals surface area contributed by atoms with E-state index in [1.54, 1.807) is 0 Å². The Kier molecular flexibility index (Phi) is 5.98. The Hall–Kier alpha value is -2.09. The summed E-state index contributed by atoms with van der Waals surface area (Å²) >= 11 is 0. The second-order valence-corrected chi connectivity index (χ2v) is 7.86. The first-order valence-corrected chi connectivity index (χ1v) is 9.49. The van der Waals surface area contributed by atoms with Crippen LogP contribution in [0.25, 0.3) is 0 Å². The minimum Gasteiger partial charge on any atom is -0.449 e. The highest BCUT2D eigenvalue weighted by atomic mass is 19.4. The lowest BCUT2D eigenvalue weighted by Crippen LogP contribution is -2.45. The fourth-order valence-electron chi connectivity index (χ4n) is 3.98. The first-order valence-electron chi connectivity index (χ1n) is 9.49. The number of amides is 1. The third-order valence-electron chi connectivity index (χ3n) is 5.44. The van der Waals surface area contributed by atoms with Crippen molar-refractivity contribution in [3.63, 3.8) is 0 Å². The highest BCUT2D eigenvalue weighted by Crippen LogP contribution is 2.35. The molecule has 1 saturated heterocycles. The van der Waals surface area contributed by atoms with Gasteiger partial charge in [0.2, 0.25) is 0 Å². The number of rotatable bonds is 2. The maximum absolute atomic E-state index is 12.6. The number of alkyl halides is 3. The zero-order valence-electron chi connectivity index (χ0n) is 16.1. The molecule has 28 heavy (non-hydrogen) atoms. The molecule has 2 heterocycles. The molecule has 0 bridgehead atoms. The number of fused-ring (bicyclic) bond motifs is 1. The SMILES string of the molecule is CC1CCC(c2ccc3c(c2)CN(C)CC3)N(C(=O)C(=O)OCC(F)(F)F)C1. The quantitative estimate of drug-likeness (QED) is 0.568. The summed E-state index contributed by atoms with van der Waals surface area (Å²) in [6.07, 6.45) is -2.16. The summed E-state index contributed by atoms with van der Waals surface area (Å²) < 4.78 is 41.1. The summed E-state index contributed by atoms with van der Waals surface area (Å²) in [5.41, 5.74) is 3.38. The summed E-state index contributed by atoms with van der Waals surface area (Å²) in [6, 6.07) is 5.75. The van der Waals surface area contributed by atoms with Gasteiger partial charge in [0, 0.05) is 19.6 Å². The van der Waals surface area contributed by atoms with Crippen molar-refractivity contribution in [3.05, 3.63) is 34.9 Å². The van der Waals surface area contributed by atoms with Gasteiger partial charge in [-0.3, -0.25) is 4.79 Å². The normalized spacial score (nSPS) is 23.2. The molecule has 0 N–H and O–H groups in total. The van der Waals surface area contributed by atoms with E-state index in [0.29, 0.717) is 13.0 Å². The van der Waals surface area contributed by atoms with E-state index in [-0.39, 0.29) is 12.0 Å². The second kappa shape index (κ2) is 8.11. The van der Waals surface area contributed by atoms with Crippen molar-refractivity contribution in [2.24, 2.45) is 5.92 Å². The Bertz CT molecular complexity index is 751. The summed E-state index contributed by atoms with van der Waals surface area (Å²) in [7, 11) is 2.05. The summed E-state index contributed by atoms with van der Waals surface area (Å²) in [5.74, 6) is -2.29. The van der Waals surface area contributed by atoms with Gasteiger partial charge in [0.05, 0.1) is 6.04 Å². The van der Waals surface area contributed by atoms with E-state index >= 15 is 0 Å². The largest absolute Gasteiger partial charge is 0.449 e. The molecule has 2 aliphatic rings. The fourth-order valence-corrected chi connectivity index (χ4v) is 3.98. The third-order valence-corrected chi connectivity index (χ3v) is 5.44. The number of esters is 1. The van der Waals surface area contributed by atoms with E-state index in [9.17, 15) is 22.8 Å². The van der Waals surface area contributed by atoms with Crippen molar-refractivity contribution in [2.75, 3.05) is 26.7 Å². The van der Waals surface area contributed by atoms with E-state index in [4.69, 9.17) is 0 Å². The number of carbonyl (C=O) groups is 2. The van der Waals surface area contributed by atoms with E-state index in [1.165, 1.54) is 16.0 Å². The average Bonchev–Trinajstić information content (AvgIpc) is 2.64. The first-order chi connectivity index (χ1) is 13.1. The fraction of sp³-hybridized carbons (Fsp3) is 0.600. The van der Waals surface area contributed by atoms with Crippen LogP contribution in [0.15, 0.2) is 18.2 Å². The Labute approximate surface area is 162 Å². The molecule has 0 aliphatic carbocycles. The van der Waals surface area contributed by atoms with Crippen LogP contribution in [0.5, 0.6) is 0 Å². The Morgan fingerprint density at radius 3 is 2.68 bits per heavy atom. The molecule has 0 radical (unpaired) electrons. The van der Waals surface area contributed by atoms with Crippen molar-refractivity contribution in [2.45, 2.75) is 44.9 Å². The minimum absolute atomic E-state index is 0.166. The molecule has 1 aromatic carbocycles.